The first-order valence-electron chi connectivity index (χ1n) is 6.44. The second kappa shape index (κ2) is 6.68. The van der Waals surface area contributed by atoms with E-state index in [2.05, 4.69) is 5.32 Å². The van der Waals surface area contributed by atoms with Crippen LogP contribution in [0.2, 0.25) is 0 Å². The lowest BCUT2D eigenvalue weighted by Gasteiger charge is -2.34. The van der Waals surface area contributed by atoms with Crippen LogP contribution in [0, 0.1) is 0 Å². The van der Waals surface area contributed by atoms with E-state index in [-0.39, 0.29) is 18.4 Å². The average Bonchev–Trinajstić information content (AvgIpc) is 2.98. The third-order valence-corrected chi connectivity index (χ3v) is 3.83. The molecule has 0 saturated carbocycles. The van der Waals surface area contributed by atoms with Gasteiger partial charge in [-0.1, -0.05) is 13.0 Å². The first-order valence-corrected chi connectivity index (χ1v) is 7.32. The molecule has 1 unspecified atom stereocenters. The van der Waals surface area contributed by atoms with Crippen molar-refractivity contribution in [1.29, 1.82) is 0 Å². The average molecular weight is 282 g/mol. The van der Waals surface area contributed by atoms with Crippen molar-refractivity contribution in [3.8, 4) is 0 Å². The molecule has 2 amide bonds. The number of nitrogens with one attached hydrogen (secondary N) is 1. The van der Waals surface area contributed by atoms with Crippen LogP contribution in [0.25, 0.3) is 0 Å². The van der Waals surface area contributed by atoms with Crippen molar-refractivity contribution < 1.29 is 14.3 Å². The molecule has 0 aromatic carbocycles. The van der Waals surface area contributed by atoms with Crippen molar-refractivity contribution >= 4 is 23.2 Å². The third-order valence-electron chi connectivity index (χ3n) is 2.97. The summed E-state index contributed by atoms with van der Waals surface area (Å²) >= 11 is 1.39. The van der Waals surface area contributed by atoms with Crippen LogP contribution in [-0.2, 0) is 9.53 Å². The van der Waals surface area contributed by atoms with Gasteiger partial charge in [-0.2, -0.15) is 0 Å². The number of rotatable bonds is 4. The molecule has 1 saturated heterocycles. The van der Waals surface area contributed by atoms with Crippen molar-refractivity contribution in [3.63, 3.8) is 0 Å². The summed E-state index contributed by atoms with van der Waals surface area (Å²) in [6, 6.07) is 3.10. The van der Waals surface area contributed by atoms with Gasteiger partial charge in [-0.15, -0.1) is 11.3 Å². The standard InChI is InChI=1S/C13H18N2O3S/c1-2-5-14-12(16)10-9-18-7-6-15(10)13(17)11-4-3-8-19-11/h3-4,8,10H,2,5-7,9H2,1H3,(H,14,16). The Morgan fingerprint density at radius 1 is 1.58 bits per heavy atom. The number of thiophene rings is 1. The second-order valence-electron chi connectivity index (χ2n) is 4.36. The van der Waals surface area contributed by atoms with Gasteiger partial charge >= 0.3 is 0 Å². The van der Waals surface area contributed by atoms with Gasteiger partial charge in [0.2, 0.25) is 5.91 Å². The number of amides is 2. The Kier molecular flexibility index (Phi) is 4.93. The molecule has 2 rings (SSSR count). The maximum absolute atomic E-state index is 12.4. The molecule has 104 valence electrons. The Bertz CT molecular complexity index is 433. The number of carbonyl (C=O) groups excluding carboxylic acids is 2. The van der Waals surface area contributed by atoms with Crippen molar-refractivity contribution in [2.24, 2.45) is 0 Å². The van der Waals surface area contributed by atoms with E-state index >= 15 is 0 Å². The molecule has 0 aliphatic carbocycles. The third kappa shape index (κ3) is 3.33. The zero-order valence-corrected chi connectivity index (χ0v) is 11.7. The van der Waals surface area contributed by atoms with Crippen molar-refractivity contribution in [2.45, 2.75) is 19.4 Å². The number of nitrogens with zero attached hydrogens (tertiary/aromatic N) is 1. The minimum Gasteiger partial charge on any atom is -0.377 e. The number of morpholine rings is 1. The van der Waals surface area contributed by atoms with E-state index in [4.69, 9.17) is 4.74 Å². The maximum atomic E-state index is 12.4. The molecular formula is C13H18N2O3S. The van der Waals surface area contributed by atoms with Crippen LogP contribution >= 0.6 is 11.3 Å². The molecule has 19 heavy (non-hydrogen) atoms. The summed E-state index contributed by atoms with van der Waals surface area (Å²) < 4.78 is 5.33. The van der Waals surface area contributed by atoms with Crippen LogP contribution in [0.1, 0.15) is 23.0 Å². The normalized spacial score (nSPS) is 19.2. The predicted molar refractivity (Wildman–Crippen MR) is 73.3 cm³/mol. The van der Waals surface area contributed by atoms with E-state index in [1.807, 2.05) is 18.4 Å². The highest BCUT2D eigenvalue weighted by Crippen LogP contribution is 2.16. The molecule has 1 aromatic heterocycles. The molecule has 2 heterocycles. The fourth-order valence-corrected chi connectivity index (χ4v) is 2.65. The van der Waals surface area contributed by atoms with Crippen molar-refractivity contribution in [1.82, 2.24) is 10.2 Å². The topological polar surface area (TPSA) is 58.6 Å². The quantitative estimate of drug-likeness (QED) is 0.900. The molecule has 1 aliphatic rings. The fourth-order valence-electron chi connectivity index (χ4n) is 1.97. The number of hydrogen-bond donors (Lipinski definition) is 1. The second-order valence-corrected chi connectivity index (χ2v) is 5.31. The SMILES string of the molecule is CCCNC(=O)C1COCCN1C(=O)c1cccs1. The molecule has 1 atom stereocenters. The molecule has 0 radical (unpaired) electrons. The predicted octanol–water partition coefficient (Wildman–Crippen LogP) is 1.12. The molecular weight excluding hydrogens is 264 g/mol. The van der Waals surface area contributed by atoms with E-state index in [0.29, 0.717) is 24.6 Å². The van der Waals surface area contributed by atoms with Gasteiger partial charge in [0.05, 0.1) is 18.1 Å². The Hall–Kier alpha value is -1.40. The van der Waals surface area contributed by atoms with Gasteiger partial charge in [-0.05, 0) is 17.9 Å². The zero-order chi connectivity index (χ0) is 13.7. The Labute approximate surface area is 116 Å². The van der Waals surface area contributed by atoms with Crippen molar-refractivity contribution in [2.75, 3.05) is 26.3 Å². The smallest absolute Gasteiger partial charge is 0.264 e. The molecule has 5 nitrogen and oxygen atoms in total. The molecule has 6 heteroatoms. The summed E-state index contributed by atoms with van der Waals surface area (Å²) in [6.45, 7) is 3.82. The maximum Gasteiger partial charge on any atom is 0.264 e. The van der Waals surface area contributed by atoms with Gasteiger partial charge in [0.15, 0.2) is 0 Å². The van der Waals surface area contributed by atoms with Crippen LogP contribution in [0.4, 0.5) is 0 Å². The fraction of sp³-hybridized carbons (Fsp3) is 0.538. The zero-order valence-electron chi connectivity index (χ0n) is 10.9. The number of carbonyl (C=O) groups is 2. The number of ether oxygens (including phenoxy) is 1. The van der Waals surface area contributed by atoms with Crippen LogP contribution in [0.3, 0.4) is 0 Å². The lowest BCUT2D eigenvalue weighted by atomic mass is 10.2. The Morgan fingerprint density at radius 2 is 2.42 bits per heavy atom. The summed E-state index contributed by atoms with van der Waals surface area (Å²) in [6.07, 6.45) is 0.873. The minimum absolute atomic E-state index is 0.0880. The first kappa shape index (κ1) is 14.0. The highest BCUT2D eigenvalue weighted by Gasteiger charge is 2.33. The summed E-state index contributed by atoms with van der Waals surface area (Å²) in [7, 11) is 0. The van der Waals surface area contributed by atoms with Crippen LogP contribution in [0.15, 0.2) is 17.5 Å². The van der Waals surface area contributed by atoms with E-state index in [0.717, 1.165) is 6.42 Å². The molecule has 1 fully saturated rings. The molecule has 1 aliphatic heterocycles. The van der Waals surface area contributed by atoms with Gasteiger partial charge in [0.25, 0.3) is 5.91 Å². The van der Waals surface area contributed by atoms with Crippen LogP contribution in [0.5, 0.6) is 0 Å². The van der Waals surface area contributed by atoms with Crippen molar-refractivity contribution in [3.05, 3.63) is 22.4 Å². The lowest BCUT2D eigenvalue weighted by molar-refractivity contribution is -0.130. The minimum atomic E-state index is -0.519. The molecule has 0 bridgehead atoms. The summed E-state index contributed by atoms with van der Waals surface area (Å²) in [4.78, 5) is 26.7. The molecule has 0 spiro atoms. The van der Waals surface area contributed by atoms with Gasteiger partial charge in [0.1, 0.15) is 6.04 Å². The van der Waals surface area contributed by atoms with Crippen LogP contribution in [-0.4, -0.2) is 49.1 Å². The van der Waals surface area contributed by atoms with E-state index in [9.17, 15) is 9.59 Å². The largest absolute Gasteiger partial charge is 0.377 e. The van der Waals surface area contributed by atoms with E-state index in [1.54, 1.807) is 11.0 Å². The van der Waals surface area contributed by atoms with Gasteiger partial charge in [0, 0.05) is 13.1 Å². The van der Waals surface area contributed by atoms with E-state index in [1.165, 1.54) is 11.3 Å². The lowest BCUT2D eigenvalue weighted by Crippen LogP contribution is -2.55. The summed E-state index contributed by atoms with van der Waals surface area (Å²) in [5.74, 6) is -0.221. The van der Waals surface area contributed by atoms with Gasteiger partial charge < -0.3 is 15.0 Å². The molecule has 1 aromatic rings. The van der Waals surface area contributed by atoms with Crippen LogP contribution < -0.4 is 5.32 Å². The monoisotopic (exact) mass is 282 g/mol. The summed E-state index contributed by atoms with van der Waals surface area (Å²) in [5, 5.41) is 4.68. The summed E-state index contributed by atoms with van der Waals surface area (Å²) in [5.41, 5.74) is 0. The Balaban J connectivity index is 2.07. The van der Waals surface area contributed by atoms with Gasteiger partial charge in [-0.25, -0.2) is 0 Å². The highest BCUT2D eigenvalue weighted by molar-refractivity contribution is 7.12. The number of hydrogen-bond acceptors (Lipinski definition) is 4. The first-order chi connectivity index (χ1) is 9.24. The van der Waals surface area contributed by atoms with E-state index < -0.39 is 6.04 Å². The Morgan fingerprint density at radius 3 is 3.11 bits per heavy atom. The van der Waals surface area contributed by atoms with Gasteiger partial charge in [-0.3, -0.25) is 9.59 Å². The highest BCUT2D eigenvalue weighted by atomic mass is 32.1. The molecule has 1 N–H and O–H groups in total.